The summed E-state index contributed by atoms with van der Waals surface area (Å²) in [6.07, 6.45) is 1.99. The third-order valence-electron chi connectivity index (χ3n) is 4.39. The van der Waals surface area contributed by atoms with Gasteiger partial charge in [0, 0.05) is 17.7 Å². The normalized spacial score (nSPS) is 16.9. The molecule has 3 nitrogen and oxygen atoms in total. The maximum Gasteiger partial charge on any atom is 0.279 e. The number of carbonyl (C=O) groups is 1. The van der Waals surface area contributed by atoms with Gasteiger partial charge in [0.15, 0.2) is 6.54 Å². The molecule has 2 aromatic rings. The molecule has 2 N–H and O–H groups in total. The second-order valence-corrected chi connectivity index (χ2v) is 5.93. The molecule has 0 radical (unpaired) electrons. The van der Waals surface area contributed by atoms with Crippen molar-refractivity contribution in [2.75, 3.05) is 18.4 Å². The van der Waals surface area contributed by atoms with Crippen molar-refractivity contribution in [3.8, 4) is 0 Å². The molecule has 3 heteroatoms. The fourth-order valence-corrected chi connectivity index (χ4v) is 3.17. The zero-order valence-corrected chi connectivity index (χ0v) is 13.1. The van der Waals surface area contributed by atoms with Crippen molar-refractivity contribution in [3.05, 3.63) is 65.2 Å². The van der Waals surface area contributed by atoms with Crippen LogP contribution in [0.1, 0.15) is 23.6 Å². The molecule has 22 heavy (non-hydrogen) atoms. The lowest BCUT2D eigenvalue weighted by atomic mass is 10.00. The highest BCUT2D eigenvalue weighted by molar-refractivity contribution is 5.92. The van der Waals surface area contributed by atoms with Gasteiger partial charge in [0.1, 0.15) is 6.54 Å². The van der Waals surface area contributed by atoms with E-state index >= 15 is 0 Å². The fraction of sp³-hybridized carbons (Fsp3) is 0.316. The van der Waals surface area contributed by atoms with Crippen LogP contribution in [0.4, 0.5) is 5.69 Å². The summed E-state index contributed by atoms with van der Waals surface area (Å²) in [6, 6.07) is 16.6. The lowest BCUT2D eigenvalue weighted by molar-refractivity contribution is -0.907. The quantitative estimate of drug-likeness (QED) is 0.886. The number of nitrogens with one attached hydrogen (secondary N) is 2. The van der Waals surface area contributed by atoms with Gasteiger partial charge in [-0.05, 0) is 23.6 Å². The lowest BCUT2D eigenvalue weighted by Gasteiger charge is -2.25. The second kappa shape index (κ2) is 6.75. The minimum absolute atomic E-state index is 0.107. The van der Waals surface area contributed by atoms with E-state index < -0.39 is 0 Å². The topological polar surface area (TPSA) is 33.5 Å². The van der Waals surface area contributed by atoms with Crippen LogP contribution in [0.3, 0.4) is 0 Å². The molecule has 1 heterocycles. The molecule has 0 aromatic heterocycles. The summed E-state index contributed by atoms with van der Waals surface area (Å²) in [7, 11) is 0. The van der Waals surface area contributed by atoms with Gasteiger partial charge < -0.3 is 10.2 Å². The number of hydrogen-bond acceptors (Lipinski definition) is 1. The van der Waals surface area contributed by atoms with E-state index in [2.05, 4.69) is 42.6 Å². The SMILES string of the molecule is CCc1ccccc1NC(=O)C[NH+]1CCc2ccccc2C1. The third-order valence-corrected chi connectivity index (χ3v) is 4.39. The fourth-order valence-electron chi connectivity index (χ4n) is 3.17. The number of benzene rings is 2. The summed E-state index contributed by atoms with van der Waals surface area (Å²) in [5.74, 6) is 0.107. The number of fused-ring (bicyclic) bond motifs is 1. The van der Waals surface area contributed by atoms with Crippen LogP contribution in [0, 0.1) is 0 Å². The van der Waals surface area contributed by atoms with Crippen molar-refractivity contribution in [2.24, 2.45) is 0 Å². The molecule has 0 aliphatic carbocycles. The molecular formula is C19H23N2O+. The molecule has 0 saturated heterocycles. The first-order chi connectivity index (χ1) is 10.8. The first-order valence-electron chi connectivity index (χ1n) is 8.04. The number of anilines is 1. The molecule has 1 aliphatic heterocycles. The third kappa shape index (κ3) is 3.37. The van der Waals surface area contributed by atoms with Gasteiger partial charge in [-0.2, -0.15) is 0 Å². The van der Waals surface area contributed by atoms with Gasteiger partial charge in [-0.3, -0.25) is 4.79 Å². The molecule has 1 atom stereocenters. The molecule has 3 rings (SSSR count). The monoisotopic (exact) mass is 295 g/mol. The number of amides is 1. The summed E-state index contributed by atoms with van der Waals surface area (Å²) in [4.78, 5) is 13.7. The molecule has 1 amide bonds. The summed E-state index contributed by atoms with van der Waals surface area (Å²) < 4.78 is 0. The Morgan fingerprint density at radius 1 is 1.09 bits per heavy atom. The number of aryl methyl sites for hydroxylation is 1. The zero-order valence-electron chi connectivity index (χ0n) is 13.1. The van der Waals surface area contributed by atoms with Crippen molar-refractivity contribution in [1.29, 1.82) is 0 Å². The standard InChI is InChI=1S/C19H22N2O/c1-2-15-7-5-6-10-18(15)20-19(22)14-21-12-11-16-8-3-4-9-17(16)13-21/h3-10H,2,11-14H2,1H3,(H,20,22)/p+1. The van der Waals surface area contributed by atoms with Crippen LogP contribution in [0.15, 0.2) is 48.5 Å². The Kier molecular flexibility index (Phi) is 4.54. The maximum absolute atomic E-state index is 12.3. The van der Waals surface area contributed by atoms with Crippen LogP contribution in [0.5, 0.6) is 0 Å². The van der Waals surface area contributed by atoms with E-state index in [-0.39, 0.29) is 5.91 Å². The van der Waals surface area contributed by atoms with E-state index in [0.29, 0.717) is 6.54 Å². The molecule has 1 unspecified atom stereocenters. The van der Waals surface area contributed by atoms with E-state index in [0.717, 1.165) is 31.6 Å². The average Bonchev–Trinajstić information content (AvgIpc) is 2.55. The van der Waals surface area contributed by atoms with E-state index in [1.165, 1.54) is 21.6 Å². The Morgan fingerprint density at radius 3 is 2.64 bits per heavy atom. The van der Waals surface area contributed by atoms with Crippen molar-refractivity contribution in [3.63, 3.8) is 0 Å². The summed E-state index contributed by atoms with van der Waals surface area (Å²) in [5.41, 5.74) is 4.95. The molecule has 0 spiro atoms. The van der Waals surface area contributed by atoms with Crippen molar-refractivity contribution < 1.29 is 9.69 Å². The number of carbonyl (C=O) groups excluding carboxylic acids is 1. The van der Waals surface area contributed by atoms with Gasteiger partial charge in [-0.25, -0.2) is 0 Å². The number of rotatable bonds is 4. The van der Waals surface area contributed by atoms with E-state index in [1.54, 1.807) is 0 Å². The molecular weight excluding hydrogens is 272 g/mol. The van der Waals surface area contributed by atoms with E-state index in [4.69, 9.17) is 0 Å². The van der Waals surface area contributed by atoms with Crippen LogP contribution < -0.4 is 10.2 Å². The minimum atomic E-state index is 0.107. The predicted octanol–water partition coefficient (Wildman–Crippen LogP) is 1.83. The van der Waals surface area contributed by atoms with Gasteiger partial charge in [-0.1, -0.05) is 49.4 Å². The molecule has 0 bridgehead atoms. The summed E-state index contributed by atoms with van der Waals surface area (Å²) in [6.45, 7) is 4.61. The first-order valence-corrected chi connectivity index (χ1v) is 8.04. The van der Waals surface area contributed by atoms with E-state index in [1.807, 2.05) is 18.2 Å². The maximum atomic E-state index is 12.3. The van der Waals surface area contributed by atoms with Crippen LogP contribution in [-0.4, -0.2) is 19.0 Å². The predicted molar refractivity (Wildman–Crippen MR) is 89.0 cm³/mol. The second-order valence-electron chi connectivity index (χ2n) is 5.93. The van der Waals surface area contributed by atoms with Gasteiger partial charge in [0.25, 0.3) is 5.91 Å². The Bertz CT molecular complexity index is 666. The number of para-hydroxylation sites is 1. The van der Waals surface area contributed by atoms with E-state index in [9.17, 15) is 4.79 Å². The molecule has 114 valence electrons. The Labute approximate surface area is 132 Å². The highest BCUT2D eigenvalue weighted by Crippen LogP contribution is 2.15. The first kappa shape index (κ1) is 14.8. The Balaban J connectivity index is 1.61. The summed E-state index contributed by atoms with van der Waals surface area (Å²) in [5, 5.41) is 3.07. The Hall–Kier alpha value is -2.13. The Morgan fingerprint density at radius 2 is 1.82 bits per heavy atom. The van der Waals surface area contributed by atoms with Crippen molar-refractivity contribution in [1.82, 2.24) is 0 Å². The summed E-state index contributed by atoms with van der Waals surface area (Å²) >= 11 is 0. The van der Waals surface area contributed by atoms with Crippen LogP contribution in [0.2, 0.25) is 0 Å². The van der Waals surface area contributed by atoms with Crippen LogP contribution >= 0.6 is 0 Å². The number of quaternary nitrogens is 1. The highest BCUT2D eigenvalue weighted by atomic mass is 16.2. The van der Waals surface area contributed by atoms with Crippen molar-refractivity contribution >= 4 is 11.6 Å². The smallest absolute Gasteiger partial charge is 0.279 e. The molecule has 1 aliphatic rings. The van der Waals surface area contributed by atoms with Gasteiger partial charge in [0.05, 0.1) is 6.54 Å². The zero-order chi connectivity index (χ0) is 15.4. The van der Waals surface area contributed by atoms with Gasteiger partial charge in [-0.15, -0.1) is 0 Å². The van der Waals surface area contributed by atoms with Gasteiger partial charge in [0.2, 0.25) is 0 Å². The molecule has 0 saturated carbocycles. The van der Waals surface area contributed by atoms with Gasteiger partial charge >= 0.3 is 0 Å². The molecule has 0 fully saturated rings. The van der Waals surface area contributed by atoms with Crippen LogP contribution in [0.25, 0.3) is 0 Å². The number of hydrogen-bond donors (Lipinski definition) is 2. The largest absolute Gasteiger partial charge is 0.323 e. The van der Waals surface area contributed by atoms with Crippen molar-refractivity contribution in [2.45, 2.75) is 26.3 Å². The average molecular weight is 295 g/mol. The minimum Gasteiger partial charge on any atom is -0.323 e. The molecule has 2 aromatic carbocycles. The lowest BCUT2D eigenvalue weighted by Crippen LogP contribution is -3.12. The highest BCUT2D eigenvalue weighted by Gasteiger charge is 2.21. The van der Waals surface area contributed by atoms with Crippen LogP contribution in [-0.2, 0) is 24.2 Å².